The van der Waals surface area contributed by atoms with E-state index >= 15 is 0 Å². The van der Waals surface area contributed by atoms with E-state index in [9.17, 15) is 14.4 Å². The molecule has 0 heterocycles. The van der Waals surface area contributed by atoms with Crippen molar-refractivity contribution < 1.29 is 28.6 Å². The zero-order chi connectivity index (χ0) is 21.3. The molecule has 4 aliphatic carbocycles. The summed E-state index contributed by atoms with van der Waals surface area (Å²) >= 11 is 0. The fourth-order valence-electron chi connectivity index (χ4n) is 5.87. The fourth-order valence-corrected chi connectivity index (χ4v) is 5.87. The normalized spacial score (nSPS) is 28.5. The minimum absolute atomic E-state index is 0.160. The van der Waals surface area contributed by atoms with Gasteiger partial charge in [-0.25, -0.2) is 9.59 Å². The maximum absolute atomic E-state index is 12.5. The van der Waals surface area contributed by atoms with Gasteiger partial charge < -0.3 is 19.5 Å². The molecule has 4 fully saturated rings. The van der Waals surface area contributed by atoms with E-state index in [1.54, 1.807) is 0 Å². The number of ether oxygens (including phenoxy) is 3. The Kier molecular flexibility index (Phi) is 5.58. The summed E-state index contributed by atoms with van der Waals surface area (Å²) in [5.41, 5.74) is 0.147. The van der Waals surface area contributed by atoms with Crippen LogP contribution in [-0.2, 0) is 9.53 Å². The number of hydrogen-bond acceptors (Lipinski definition) is 6. The Morgan fingerprint density at radius 1 is 1.00 bits per heavy atom. The van der Waals surface area contributed by atoms with E-state index < -0.39 is 17.9 Å². The quantitative estimate of drug-likeness (QED) is 0.691. The number of amides is 3. The molecule has 4 bridgehead atoms. The second-order valence-electron chi connectivity index (χ2n) is 8.85. The first-order valence-corrected chi connectivity index (χ1v) is 10.4. The summed E-state index contributed by atoms with van der Waals surface area (Å²) in [5.74, 6) is 1.66. The molecule has 4 aliphatic rings. The van der Waals surface area contributed by atoms with Gasteiger partial charge in [-0.2, -0.15) is 0 Å². The molecule has 0 aliphatic heterocycles. The summed E-state index contributed by atoms with van der Waals surface area (Å²) in [5, 5.41) is 5.47. The molecule has 8 nitrogen and oxygen atoms in total. The minimum Gasteiger partial charge on any atom is -0.493 e. The Morgan fingerprint density at radius 2 is 1.63 bits per heavy atom. The van der Waals surface area contributed by atoms with Crippen molar-refractivity contribution in [2.24, 2.45) is 17.8 Å². The van der Waals surface area contributed by atoms with E-state index in [1.807, 2.05) is 0 Å². The number of carbonyl (C=O) groups is 3. The molecule has 1 aromatic carbocycles. The summed E-state index contributed by atoms with van der Waals surface area (Å²) in [7, 11) is 2.72. The van der Waals surface area contributed by atoms with Crippen molar-refractivity contribution in [1.29, 1.82) is 0 Å². The zero-order valence-corrected chi connectivity index (χ0v) is 17.4. The van der Waals surface area contributed by atoms with Crippen molar-refractivity contribution in [2.75, 3.05) is 20.8 Å². The van der Waals surface area contributed by atoms with Crippen molar-refractivity contribution in [1.82, 2.24) is 10.6 Å². The van der Waals surface area contributed by atoms with Gasteiger partial charge in [0, 0.05) is 5.54 Å². The van der Waals surface area contributed by atoms with E-state index in [0.717, 1.165) is 19.3 Å². The lowest BCUT2D eigenvalue weighted by atomic mass is 9.53. The molecular formula is C22H28N2O6. The number of benzene rings is 1. The van der Waals surface area contributed by atoms with Gasteiger partial charge in [-0.1, -0.05) is 0 Å². The molecule has 0 saturated heterocycles. The van der Waals surface area contributed by atoms with Gasteiger partial charge in [0.2, 0.25) is 0 Å². The standard InChI is InChI=1S/C22H28N2O6/c1-28-18-8-16(20(26)29-2)3-4-17(18)30-12-19(25)23-21(27)24-22-9-13-5-14(10-22)7-15(6-13)11-22/h3-4,8,13-15H,5-7,9-12H2,1-2H3,(H2,23,24,25,27). The van der Waals surface area contributed by atoms with Gasteiger partial charge in [0.1, 0.15) is 0 Å². The first-order valence-electron chi connectivity index (χ1n) is 10.4. The van der Waals surface area contributed by atoms with Gasteiger partial charge in [0.15, 0.2) is 18.1 Å². The van der Waals surface area contributed by atoms with Crippen LogP contribution in [0.3, 0.4) is 0 Å². The molecule has 162 valence electrons. The largest absolute Gasteiger partial charge is 0.493 e. The molecule has 0 aromatic heterocycles. The van der Waals surface area contributed by atoms with Gasteiger partial charge >= 0.3 is 12.0 Å². The van der Waals surface area contributed by atoms with Crippen LogP contribution in [0.25, 0.3) is 0 Å². The Hall–Kier alpha value is -2.77. The molecule has 2 N–H and O–H groups in total. The number of esters is 1. The molecular weight excluding hydrogens is 388 g/mol. The van der Waals surface area contributed by atoms with Gasteiger partial charge in [-0.05, 0) is 74.5 Å². The van der Waals surface area contributed by atoms with Crippen LogP contribution >= 0.6 is 0 Å². The first-order chi connectivity index (χ1) is 14.4. The predicted molar refractivity (Wildman–Crippen MR) is 107 cm³/mol. The van der Waals surface area contributed by atoms with Crippen LogP contribution in [0.4, 0.5) is 4.79 Å². The number of hydrogen-bond donors (Lipinski definition) is 2. The van der Waals surface area contributed by atoms with Gasteiger partial charge in [0.25, 0.3) is 5.91 Å². The van der Waals surface area contributed by atoms with Gasteiger partial charge in [-0.3, -0.25) is 10.1 Å². The SMILES string of the molecule is COC(=O)c1ccc(OCC(=O)NC(=O)NC23CC4CC(CC(C4)C2)C3)c(OC)c1. The third kappa shape index (κ3) is 4.22. The Balaban J connectivity index is 1.30. The minimum atomic E-state index is -0.545. The summed E-state index contributed by atoms with van der Waals surface area (Å²) in [4.78, 5) is 36.3. The highest BCUT2D eigenvalue weighted by molar-refractivity contribution is 5.95. The van der Waals surface area contributed by atoms with Gasteiger partial charge in [0.05, 0.1) is 19.8 Å². The first kappa shape index (κ1) is 20.5. The fraction of sp³-hybridized carbons (Fsp3) is 0.591. The van der Waals surface area contributed by atoms with Crippen LogP contribution in [0.5, 0.6) is 11.5 Å². The van der Waals surface area contributed by atoms with Crippen molar-refractivity contribution in [2.45, 2.75) is 44.1 Å². The summed E-state index contributed by atoms with van der Waals surface area (Å²) in [6.07, 6.45) is 6.90. The molecule has 1 aromatic rings. The summed E-state index contributed by atoms with van der Waals surface area (Å²) in [6.45, 7) is -0.345. The van der Waals surface area contributed by atoms with Crippen molar-refractivity contribution in [3.05, 3.63) is 23.8 Å². The maximum Gasteiger partial charge on any atom is 0.337 e. The smallest absolute Gasteiger partial charge is 0.337 e. The average molecular weight is 416 g/mol. The van der Waals surface area contributed by atoms with E-state index in [0.29, 0.717) is 34.8 Å². The second-order valence-corrected chi connectivity index (χ2v) is 8.85. The molecule has 4 saturated carbocycles. The summed E-state index contributed by atoms with van der Waals surface area (Å²) < 4.78 is 15.4. The molecule has 0 unspecified atom stereocenters. The third-order valence-electron chi connectivity index (χ3n) is 6.61. The van der Waals surface area contributed by atoms with Crippen LogP contribution in [0, 0.1) is 17.8 Å². The van der Waals surface area contributed by atoms with Crippen LogP contribution in [-0.4, -0.2) is 44.3 Å². The van der Waals surface area contributed by atoms with Crippen LogP contribution in [0.15, 0.2) is 18.2 Å². The lowest BCUT2D eigenvalue weighted by molar-refractivity contribution is -0.122. The molecule has 0 spiro atoms. The molecule has 0 atom stereocenters. The Morgan fingerprint density at radius 3 is 2.20 bits per heavy atom. The van der Waals surface area contributed by atoms with E-state index in [-0.39, 0.29) is 12.1 Å². The van der Waals surface area contributed by atoms with Crippen molar-refractivity contribution in [3.8, 4) is 11.5 Å². The van der Waals surface area contributed by atoms with E-state index in [4.69, 9.17) is 9.47 Å². The lowest BCUT2D eigenvalue weighted by Gasteiger charge is -2.56. The number of methoxy groups -OCH3 is 2. The lowest BCUT2D eigenvalue weighted by Crippen LogP contribution is -2.62. The van der Waals surface area contributed by atoms with Crippen LogP contribution in [0.1, 0.15) is 48.9 Å². The highest BCUT2D eigenvalue weighted by Crippen LogP contribution is 2.55. The van der Waals surface area contributed by atoms with E-state index in [2.05, 4.69) is 15.4 Å². The van der Waals surface area contributed by atoms with Gasteiger partial charge in [-0.15, -0.1) is 0 Å². The zero-order valence-electron chi connectivity index (χ0n) is 17.4. The number of nitrogens with one attached hydrogen (secondary N) is 2. The average Bonchev–Trinajstić information content (AvgIpc) is 2.69. The second kappa shape index (κ2) is 8.16. The molecule has 3 amide bonds. The number of rotatable bonds is 6. The van der Waals surface area contributed by atoms with E-state index in [1.165, 1.54) is 51.7 Å². The highest BCUT2D eigenvalue weighted by Gasteiger charge is 2.51. The monoisotopic (exact) mass is 416 g/mol. The molecule has 5 rings (SSSR count). The number of imide groups is 1. The van der Waals surface area contributed by atoms with Crippen LogP contribution < -0.4 is 20.1 Å². The third-order valence-corrected chi connectivity index (χ3v) is 6.61. The summed E-state index contributed by atoms with van der Waals surface area (Å²) in [6, 6.07) is 4.05. The topological polar surface area (TPSA) is 103 Å². The van der Waals surface area contributed by atoms with Crippen molar-refractivity contribution in [3.63, 3.8) is 0 Å². The molecule has 8 heteroatoms. The van der Waals surface area contributed by atoms with Crippen molar-refractivity contribution >= 4 is 17.9 Å². The Bertz CT molecular complexity index is 817. The van der Waals surface area contributed by atoms with Crippen LogP contribution in [0.2, 0.25) is 0 Å². The number of urea groups is 1. The highest BCUT2D eigenvalue weighted by atomic mass is 16.5. The predicted octanol–water partition coefficient (Wildman–Crippen LogP) is 2.66. The number of carbonyl (C=O) groups excluding carboxylic acids is 3. The molecule has 0 radical (unpaired) electrons. The molecule has 30 heavy (non-hydrogen) atoms. The maximum atomic E-state index is 12.5. The Labute approximate surface area is 175 Å².